The minimum absolute atomic E-state index is 0.212. The molecule has 0 amide bonds. The smallest absolute Gasteiger partial charge is 0.119 e. The maximum absolute atomic E-state index is 6.41. The highest BCUT2D eigenvalue weighted by Crippen LogP contribution is 2.36. The van der Waals surface area contributed by atoms with Crippen LogP contribution in [0.3, 0.4) is 0 Å². The number of allylic oxidation sites excluding steroid dienone is 2. The largest absolute Gasteiger partial charge is 0.492 e. The van der Waals surface area contributed by atoms with Gasteiger partial charge in [0.1, 0.15) is 24.7 Å². The second-order valence-corrected chi connectivity index (χ2v) is 14.5. The van der Waals surface area contributed by atoms with E-state index in [9.17, 15) is 0 Å². The summed E-state index contributed by atoms with van der Waals surface area (Å²) in [7, 11) is 6.39. The van der Waals surface area contributed by atoms with Gasteiger partial charge in [0.15, 0.2) is 0 Å². The van der Waals surface area contributed by atoms with E-state index in [-0.39, 0.29) is 6.04 Å². The predicted octanol–water partition coefficient (Wildman–Crippen LogP) is 11.7. The molecule has 0 N–H and O–H groups in total. The van der Waals surface area contributed by atoms with Crippen molar-refractivity contribution in [2.75, 3.05) is 47.4 Å². The van der Waals surface area contributed by atoms with Gasteiger partial charge in [-0.2, -0.15) is 0 Å². The fourth-order valence-electron chi connectivity index (χ4n) is 7.33. The Balaban J connectivity index is 1.06. The standard InChI is InChI=1S/C52H56N2O2/c1-6-49(40-20-12-8-13-21-40)51(42-24-16-10-17-25-42)44-28-32-47(33-29-44)55-37-36-54(5)38-46(53(3)4)39-56-48-34-30-45(31-35-48)52(43-26-18-11-19-27-43)50(7-2)41-22-14-9-15-23-41/h8-35,46H,6-7,36-39H2,1-5H3/b51-49-,52-50?. The van der Waals surface area contributed by atoms with Gasteiger partial charge in [0.2, 0.25) is 0 Å². The zero-order valence-electron chi connectivity index (χ0n) is 33.7. The zero-order valence-corrected chi connectivity index (χ0v) is 33.7. The lowest BCUT2D eigenvalue weighted by Gasteiger charge is -2.29. The molecule has 0 spiro atoms. The molecule has 0 aliphatic rings. The SMILES string of the molecule is CCC(=C(c1ccccc1)c1ccc(OCC(CN(C)CCOc2ccc(/C(=C(/CC)c3ccccc3)c3ccccc3)cc2)N(C)C)cc1)c1ccccc1. The van der Waals surface area contributed by atoms with Crippen molar-refractivity contribution >= 4 is 22.3 Å². The number of benzene rings is 6. The van der Waals surface area contributed by atoms with Gasteiger partial charge in [-0.15, -0.1) is 0 Å². The van der Waals surface area contributed by atoms with E-state index in [1.54, 1.807) is 0 Å². The molecule has 0 radical (unpaired) electrons. The van der Waals surface area contributed by atoms with Crippen molar-refractivity contribution in [3.05, 3.63) is 203 Å². The van der Waals surface area contributed by atoms with Crippen LogP contribution in [0.2, 0.25) is 0 Å². The van der Waals surface area contributed by atoms with Crippen LogP contribution in [0.25, 0.3) is 22.3 Å². The van der Waals surface area contributed by atoms with E-state index >= 15 is 0 Å². The Morgan fingerprint density at radius 1 is 0.446 bits per heavy atom. The Kier molecular flexibility index (Phi) is 14.5. The van der Waals surface area contributed by atoms with E-state index in [1.165, 1.54) is 55.7 Å². The first-order valence-electron chi connectivity index (χ1n) is 19.9. The van der Waals surface area contributed by atoms with Gasteiger partial charge in [0, 0.05) is 13.1 Å². The van der Waals surface area contributed by atoms with E-state index < -0.39 is 0 Å². The Morgan fingerprint density at radius 3 is 1.18 bits per heavy atom. The first kappa shape index (κ1) is 40.0. The van der Waals surface area contributed by atoms with Crippen LogP contribution >= 0.6 is 0 Å². The fraction of sp³-hybridized carbons (Fsp3) is 0.231. The summed E-state index contributed by atoms with van der Waals surface area (Å²) in [6, 6.07) is 60.2. The van der Waals surface area contributed by atoms with Crippen molar-refractivity contribution in [3.63, 3.8) is 0 Å². The summed E-state index contributed by atoms with van der Waals surface area (Å²) in [4.78, 5) is 4.56. The average molecular weight is 741 g/mol. The van der Waals surface area contributed by atoms with Crippen molar-refractivity contribution in [2.45, 2.75) is 32.7 Å². The van der Waals surface area contributed by atoms with Crippen molar-refractivity contribution in [1.82, 2.24) is 9.80 Å². The van der Waals surface area contributed by atoms with Gasteiger partial charge in [-0.3, -0.25) is 0 Å². The second-order valence-electron chi connectivity index (χ2n) is 14.5. The number of rotatable bonds is 18. The van der Waals surface area contributed by atoms with Crippen molar-refractivity contribution < 1.29 is 9.47 Å². The molecule has 1 atom stereocenters. The van der Waals surface area contributed by atoms with Gasteiger partial charge < -0.3 is 19.3 Å². The molecule has 0 saturated heterocycles. The lowest BCUT2D eigenvalue weighted by molar-refractivity contribution is 0.135. The van der Waals surface area contributed by atoms with Crippen LogP contribution in [0.4, 0.5) is 0 Å². The third-order valence-electron chi connectivity index (χ3n) is 10.4. The topological polar surface area (TPSA) is 24.9 Å². The number of hydrogen-bond donors (Lipinski definition) is 0. The van der Waals surface area contributed by atoms with Crippen LogP contribution in [-0.2, 0) is 0 Å². The molecule has 4 nitrogen and oxygen atoms in total. The molecule has 0 aliphatic heterocycles. The molecule has 0 saturated carbocycles. The number of ether oxygens (including phenoxy) is 2. The van der Waals surface area contributed by atoms with Crippen molar-refractivity contribution in [1.29, 1.82) is 0 Å². The molecule has 6 aromatic carbocycles. The number of hydrogen-bond acceptors (Lipinski definition) is 4. The lowest BCUT2D eigenvalue weighted by atomic mass is 9.88. The average Bonchev–Trinajstić information content (AvgIpc) is 3.25. The Labute approximate surface area is 335 Å². The van der Waals surface area contributed by atoms with Crippen LogP contribution in [0, 0.1) is 0 Å². The van der Waals surface area contributed by atoms with E-state index in [4.69, 9.17) is 9.47 Å². The summed E-state index contributed by atoms with van der Waals surface area (Å²) >= 11 is 0. The second kappa shape index (κ2) is 20.3. The molecule has 0 bridgehead atoms. The van der Waals surface area contributed by atoms with E-state index in [2.05, 4.69) is 215 Å². The summed E-state index contributed by atoms with van der Waals surface area (Å²) in [5.74, 6) is 1.75. The van der Waals surface area contributed by atoms with Crippen LogP contribution in [-0.4, -0.2) is 63.3 Å². The lowest BCUT2D eigenvalue weighted by Crippen LogP contribution is -2.43. The highest BCUT2D eigenvalue weighted by Gasteiger charge is 2.17. The van der Waals surface area contributed by atoms with Crippen LogP contribution in [0.1, 0.15) is 60.1 Å². The first-order valence-corrected chi connectivity index (χ1v) is 19.9. The maximum atomic E-state index is 6.41. The minimum Gasteiger partial charge on any atom is -0.492 e. The predicted molar refractivity (Wildman–Crippen MR) is 237 cm³/mol. The Bertz CT molecular complexity index is 2120. The molecule has 4 heteroatoms. The molecular formula is C52H56N2O2. The fourth-order valence-corrected chi connectivity index (χ4v) is 7.33. The summed E-state index contributed by atoms with van der Waals surface area (Å²) in [5, 5.41) is 0. The quantitative estimate of drug-likeness (QED) is 0.0819. The van der Waals surface area contributed by atoms with Gasteiger partial charge >= 0.3 is 0 Å². The van der Waals surface area contributed by atoms with Gasteiger partial charge in [-0.1, -0.05) is 159 Å². The third kappa shape index (κ3) is 10.5. The van der Waals surface area contributed by atoms with E-state index in [0.29, 0.717) is 13.2 Å². The van der Waals surface area contributed by atoms with Crippen molar-refractivity contribution in [3.8, 4) is 11.5 Å². The summed E-state index contributed by atoms with van der Waals surface area (Å²) in [6.45, 7) is 7.32. The van der Waals surface area contributed by atoms with Crippen LogP contribution < -0.4 is 9.47 Å². The molecule has 286 valence electrons. The normalized spacial score (nSPS) is 12.9. The molecule has 0 fully saturated rings. The molecule has 6 rings (SSSR count). The number of likely N-dealkylation sites (N-methyl/N-ethyl adjacent to an activating group) is 2. The van der Waals surface area contributed by atoms with Gasteiger partial charge in [0.05, 0.1) is 6.04 Å². The highest BCUT2D eigenvalue weighted by atomic mass is 16.5. The van der Waals surface area contributed by atoms with Gasteiger partial charge in [-0.25, -0.2) is 0 Å². The summed E-state index contributed by atoms with van der Waals surface area (Å²) < 4.78 is 12.7. The van der Waals surface area contributed by atoms with Crippen molar-refractivity contribution in [2.24, 2.45) is 0 Å². The minimum atomic E-state index is 0.212. The Morgan fingerprint density at radius 2 is 0.804 bits per heavy atom. The molecular weight excluding hydrogens is 685 g/mol. The third-order valence-corrected chi connectivity index (χ3v) is 10.4. The molecule has 0 heterocycles. The zero-order chi connectivity index (χ0) is 39.1. The summed E-state index contributed by atoms with van der Waals surface area (Å²) in [5.41, 5.74) is 12.5. The van der Waals surface area contributed by atoms with E-state index in [1.807, 2.05) is 0 Å². The van der Waals surface area contributed by atoms with Gasteiger partial charge in [-0.05, 0) is 114 Å². The number of nitrogens with zero attached hydrogens (tertiary/aromatic N) is 2. The van der Waals surface area contributed by atoms with Crippen LogP contribution in [0.5, 0.6) is 11.5 Å². The van der Waals surface area contributed by atoms with Gasteiger partial charge in [0.25, 0.3) is 0 Å². The maximum Gasteiger partial charge on any atom is 0.119 e. The molecule has 56 heavy (non-hydrogen) atoms. The first-order chi connectivity index (χ1) is 27.4. The molecule has 6 aromatic rings. The summed E-state index contributed by atoms with van der Waals surface area (Å²) in [6.07, 6.45) is 1.87. The highest BCUT2D eigenvalue weighted by molar-refractivity contribution is 5.99. The van der Waals surface area contributed by atoms with E-state index in [0.717, 1.165) is 37.4 Å². The molecule has 0 aromatic heterocycles. The molecule has 0 aliphatic carbocycles. The van der Waals surface area contributed by atoms with Crippen LogP contribution in [0.15, 0.2) is 170 Å². The molecule has 1 unspecified atom stereocenters. The Hall–Kier alpha value is -5.68. The monoisotopic (exact) mass is 740 g/mol.